The maximum atomic E-state index is 12.8. The van der Waals surface area contributed by atoms with Crippen LogP contribution in [0.1, 0.15) is 25.5 Å². The lowest BCUT2D eigenvalue weighted by Gasteiger charge is -2.25. The second kappa shape index (κ2) is 3.44. The van der Waals surface area contributed by atoms with Crippen LogP contribution in [-0.2, 0) is 0 Å². The van der Waals surface area contributed by atoms with E-state index in [1.54, 1.807) is 26.0 Å². The number of aliphatic hydroxyl groups is 1. The monoisotopic (exact) mass is 183 g/mol. The lowest BCUT2D eigenvalue weighted by atomic mass is 9.92. The lowest BCUT2D eigenvalue weighted by Crippen LogP contribution is -2.39. The van der Waals surface area contributed by atoms with E-state index >= 15 is 0 Å². The van der Waals surface area contributed by atoms with Gasteiger partial charge in [-0.3, -0.25) is 0 Å². The second-order valence-electron chi connectivity index (χ2n) is 3.78. The van der Waals surface area contributed by atoms with Crippen LogP contribution in [0.4, 0.5) is 4.39 Å². The Balaban J connectivity index is 2.96. The van der Waals surface area contributed by atoms with Gasteiger partial charge in [0.25, 0.3) is 0 Å². The normalized spacial score (nSPS) is 14.2. The maximum Gasteiger partial charge on any atom is 0.123 e. The van der Waals surface area contributed by atoms with Gasteiger partial charge in [0.05, 0.1) is 6.10 Å². The van der Waals surface area contributed by atoms with Crippen LogP contribution < -0.4 is 5.73 Å². The number of nitrogens with two attached hydrogens (primary N) is 1. The van der Waals surface area contributed by atoms with Crippen LogP contribution >= 0.6 is 0 Å². The SMILES string of the molecule is CC(C)(N)[C@@H](O)c1cccc(F)c1. The molecule has 1 rings (SSSR count). The summed E-state index contributed by atoms with van der Waals surface area (Å²) < 4.78 is 12.8. The minimum atomic E-state index is -0.844. The average Bonchev–Trinajstić information content (AvgIpc) is 2.01. The zero-order valence-corrected chi connectivity index (χ0v) is 7.79. The van der Waals surface area contributed by atoms with E-state index in [0.29, 0.717) is 5.56 Å². The van der Waals surface area contributed by atoms with Crippen molar-refractivity contribution in [1.29, 1.82) is 0 Å². The molecule has 13 heavy (non-hydrogen) atoms. The molecule has 0 aliphatic heterocycles. The van der Waals surface area contributed by atoms with Gasteiger partial charge in [-0.05, 0) is 31.5 Å². The van der Waals surface area contributed by atoms with Crippen LogP contribution in [0.15, 0.2) is 24.3 Å². The van der Waals surface area contributed by atoms with Gasteiger partial charge in [-0.25, -0.2) is 4.39 Å². The van der Waals surface area contributed by atoms with Crippen molar-refractivity contribution in [2.24, 2.45) is 5.73 Å². The first-order chi connectivity index (χ1) is 5.91. The molecule has 0 fully saturated rings. The highest BCUT2D eigenvalue weighted by Crippen LogP contribution is 2.23. The lowest BCUT2D eigenvalue weighted by molar-refractivity contribution is 0.104. The Morgan fingerprint density at radius 1 is 1.46 bits per heavy atom. The molecule has 0 unspecified atom stereocenters. The van der Waals surface area contributed by atoms with Crippen molar-refractivity contribution in [2.45, 2.75) is 25.5 Å². The highest BCUT2D eigenvalue weighted by molar-refractivity contribution is 5.21. The number of hydrogen-bond acceptors (Lipinski definition) is 2. The van der Waals surface area contributed by atoms with Gasteiger partial charge in [0.15, 0.2) is 0 Å². The van der Waals surface area contributed by atoms with Crippen molar-refractivity contribution in [3.05, 3.63) is 35.6 Å². The molecule has 0 aromatic heterocycles. The molecule has 0 amide bonds. The first-order valence-electron chi connectivity index (χ1n) is 4.13. The fourth-order valence-corrected chi connectivity index (χ4v) is 1.11. The zero-order valence-electron chi connectivity index (χ0n) is 7.79. The largest absolute Gasteiger partial charge is 0.387 e. The Kier molecular flexibility index (Phi) is 2.68. The molecule has 1 atom stereocenters. The van der Waals surface area contributed by atoms with Crippen LogP contribution in [0, 0.1) is 5.82 Å². The molecule has 1 aromatic rings. The standard InChI is InChI=1S/C10H14FNO/c1-10(2,12)9(13)7-4-3-5-8(11)6-7/h3-6,9,13H,12H2,1-2H3/t9-/m0/s1. The van der Waals surface area contributed by atoms with Crippen LogP contribution in [-0.4, -0.2) is 10.6 Å². The molecule has 0 saturated carbocycles. The van der Waals surface area contributed by atoms with Crippen LogP contribution in [0.25, 0.3) is 0 Å². The van der Waals surface area contributed by atoms with Crippen LogP contribution in [0.5, 0.6) is 0 Å². The Bertz CT molecular complexity index is 293. The third-order valence-corrected chi connectivity index (χ3v) is 1.87. The quantitative estimate of drug-likeness (QED) is 0.731. The molecular formula is C10H14FNO. The van der Waals surface area contributed by atoms with Gasteiger partial charge in [-0.2, -0.15) is 0 Å². The summed E-state index contributed by atoms with van der Waals surface area (Å²) in [5, 5.41) is 9.69. The number of aliphatic hydroxyl groups excluding tert-OH is 1. The molecule has 3 heteroatoms. The Hall–Kier alpha value is -0.930. The third-order valence-electron chi connectivity index (χ3n) is 1.87. The van der Waals surface area contributed by atoms with Gasteiger partial charge < -0.3 is 10.8 Å². The highest BCUT2D eigenvalue weighted by Gasteiger charge is 2.24. The van der Waals surface area contributed by atoms with E-state index in [0.717, 1.165) is 0 Å². The van der Waals surface area contributed by atoms with Crippen molar-refractivity contribution in [2.75, 3.05) is 0 Å². The Labute approximate surface area is 77.2 Å². The predicted molar refractivity (Wildman–Crippen MR) is 49.6 cm³/mol. The molecule has 2 nitrogen and oxygen atoms in total. The predicted octanol–water partition coefficient (Wildman–Crippen LogP) is 1.60. The summed E-state index contributed by atoms with van der Waals surface area (Å²) in [6.07, 6.45) is -0.844. The first-order valence-corrected chi connectivity index (χ1v) is 4.13. The smallest absolute Gasteiger partial charge is 0.123 e. The van der Waals surface area contributed by atoms with Crippen LogP contribution in [0.3, 0.4) is 0 Å². The zero-order chi connectivity index (χ0) is 10.1. The molecule has 0 aliphatic carbocycles. The summed E-state index contributed by atoms with van der Waals surface area (Å²) in [4.78, 5) is 0. The number of halogens is 1. The summed E-state index contributed by atoms with van der Waals surface area (Å²) >= 11 is 0. The molecule has 0 radical (unpaired) electrons. The van der Waals surface area contributed by atoms with Crippen molar-refractivity contribution in [3.63, 3.8) is 0 Å². The van der Waals surface area contributed by atoms with Crippen molar-refractivity contribution >= 4 is 0 Å². The summed E-state index contributed by atoms with van der Waals surface area (Å²) in [5.74, 6) is -0.360. The summed E-state index contributed by atoms with van der Waals surface area (Å²) in [5.41, 5.74) is 5.44. The van der Waals surface area contributed by atoms with E-state index in [2.05, 4.69) is 0 Å². The first kappa shape index (κ1) is 10.2. The number of benzene rings is 1. The van der Waals surface area contributed by atoms with E-state index in [4.69, 9.17) is 5.73 Å². The summed E-state index contributed by atoms with van der Waals surface area (Å²) in [6.45, 7) is 3.39. The summed E-state index contributed by atoms with van der Waals surface area (Å²) in [6, 6.07) is 5.83. The van der Waals surface area contributed by atoms with Gasteiger partial charge in [-0.15, -0.1) is 0 Å². The Morgan fingerprint density at radius 3 is 2.54 bits per heavy atom. The van der Waals surface area contributed by atoms with Crippen molar-refractivity contribution in [1.82, 2.24) is 0 Å². The minimum absolute atomic E-state index is 0.360. The molecule has 72 valence electrons. The maximum absolute atomic E-state index is 12.8. The molecule has 0 bridgehead atoms. The molecule has 3 N–H and O–H groups in total. The van der Waals surface area contributed by atoms with Gasteiger partial charge in [0.1, 0.15) is 5.82 Å². The molecule has 0 saturated heterocycles. The number of rotatable bonds is 2. The van der Waals surface area contributed by atoms with Gasteiger partial charge >= 0.3 is 0 Å². The minimum Gasteiger partial charge on any atom is -0.387 e. The van der Waals surface area contributed by atoms with E-state index in [-0.39, 0.29) is 5.82 Å². The van der Waals surface area contributed by atoms with Gasteiger partial charge in [0, 0.05) is 5.54 Å². The molecule has 0 heterocycles. The molecule has 0 spiro atoms. The van der Waals surface area contributed by atoms with E-state index in [9.17, 15) is 9.50 Å². The van der Waals surface area contributed by atoms with Gasteiger partial charge in [0.2, 0.25) is 0 Å². The van der Waals surface area contributed by atoms with E-state index < -0.39 is 11.6 Å². The topological polar surface area (TPSA) is 46.2 Å². The third kappa shape index (κ3) is 2.50. The fourth-order valence-electron chi connectivity index (χ4n) is 1.11. The fraction of sp³-hybridized carbons (Fsp3) is 0.400. The average molecular weight is 183 g/mol. The highest BCUT2D eigenvalue weighted by atomic mass is 19.1. The van der Waals surface area contributed by atoms with Gasteiger partial charge in [-0.1, -0.05) is 12.1 Å². The van der Waals surface area contributed by atoms with Crippen molar-refractivity contribution < 1.29 is 9.50 Å². The second-order valence-corrected chi connectivity index (χ2v) is 3.78. The molecule has 1 aromatic carbocycles. The molecule has 0 aliphatic rings. The molecular weight excluding hydrogens is 169 g/mol. The summed E-state index contributed by atoms with van der Waals surface area (Å²) in [7, 11) is 0. The van der Waals surface area contributed by atoms with E-state index in [1.807, 2.05) is 0 Å². The van der Waals surface area contributed by atoms with Crippen molar-refractivity contribution in [3.8, 4) is 0 Å². The van der Waals surface area contributed by atoms with Crippen LogP contribution in [0.2, 0.25) is 0 Å². The Morgan fingerprint density at radius 2 is 2.08 bits per heavy atom. The van der Waals surface area contributed by atoms with E-state index in [1.165, 1.54) is 12.1 Å². The number of hydrogen-bond donors (Lipinski definition) is 2.